The Kier molecular flexibility index (Phi) is 1.58. The molecule has 0 fully saturated rings. The van der Waals surface area contributed by atoms with Crippen LogP contribution in [-0.4, -0.2) is 0 Å². The van der Waals surface area contributed by atoms with Gasteiger partial charge in [0.15, 0.2) is 0 Å². The van der Waals surface area contributed by atoms with E-state index in [1.165, 1.54) is 37.9 Å². The first kappa shape index (κ1) is 9.00. The highest BCUT2D eigenvalue weighted by Gasteiger charge is 2.08. The molecule has 0 heterocycles. The van der Waals surface area contributed by atoms with Gasteiger partial charge >= 0.3 is 0 Å². The molecule has 17 heavy (non-hydrogen) atoms. The number of benzene rings is 4. The van der Waals surface area contributed by atoms with Gasteiger partial charge in [-0.3, -0.25) is 0 Å². The van der Waals surface area contributed by atoms with E-state index in [0.29, 0.717) is 0 Å². The maximum absolute atomic E-state index is 3.22. The maximum atomic E-state index is 3.22. The van der Waals surface area contributed by atoms with Gasteiger partial charge in [-0.05, 0) is 63.0 Å². The lowest BCUT2D eigenvalue weighted by Gasteiger charge is -2.12. The molecular formula is C17H11. The summed E-state index contributed by atoms with van der Waals surface area (Å²) in [6, 6.07) is 20.6. The van der Waals surface area contributed by atoms with Crippen molar-refractivity contribution in [2.45, 2.75) is 6.92 Å². The highest BCUT2D eigenvalue weighted by molar-refractivity contribution is 6.23. The zero-order valence-corrected chi connectivity index (χ0v) is 9.62. The van der Waals surface area contributed by atoms with Crippen LogP contribution in [0.1, 0.15) is 5.56 Å². The molecule has 4 rings (SSSR count). The second-order valence-electron chi connectivity index (χ2n) is 4.67. The van der Waals surface area contributed by atoms with Crippen LogP contribution >= 0.6 is 0 Å². The molecule has 79 valence electrons. The van der Waals surface area contributed by atoms with Gasteiger partial charge in [0, 0.05) is 0 Å². The quantitative estimate of drug-likeness (QED) is 0.373. The van der Waals surface area contributed by atoms with Gasteiger partial charge in [0.1, 0.15) is 0 Å². The topological polar surface area (TPSA) is 0 Å². The van der Waals surface area contributed by atoms with Gasteiger partial charge in [-0.1, -0.05) is 36.4 Å². The molecule has 0 heteroatoms. The molecule has 0 bridgehead atoms. The van der Waals surface area contributed by atoms with Crippen LogP contribution in [0.4, 0.5) is 0 Å². The maximum Gasteiger partial charge on any atom is -0.00241 e. The largest absolute Gasteiger partial charge is 0.0610 e. The fourth-order valence-corrected chi connectivity index (χ4v) is 2.87. The third-order valence-corrected chi connectivity index (χ3v) is 3.64. The highest BCUT2D eigenvalue weighted by Crippen LogP contribution is 2.35. The van der Waals surface area contributed by atoms with Crippen LogP contribution in [0.5, 0.6) is 0 Å². The number of hydrogen-bond acceptors (Lipinski definition) is 0. The average molecular weight is 215 g/mol. The first-order chi connectivity index (χ1) is 8.34. The molecule has 0 aromatic heterocycles. The molecule has 0 nitrogen and oxygen atoms in total. The number of hydrogen-bond donors (Lipinski definition) is 0. The van der Waals surface area contributed by atoms with Crippen LogP contribution in [0, 0.1) is 13.0 Å². The molecule has 0 saturated heterocycles. The fourth-order valence-electron chi connectivity index (χ4n) is 2.87. The second-order valence-corrected chi connectivity index (χ2v) is 4.67. The summed E-state index contributed by atoms with van der Waals surface area (Å²) in [6.07, 6.45) is 0. The first-order valence-corrected chi connectivity index (χ1v) is 5.89. The van der Waals surface area contributed by atoms with Crippen LogP contribution in [0.25, 0.3) is 32.3 Å². The van der Waals surface area contributed by atoms with Crippen molar-refractivity contribution in [3.05, 3.63) is 60.2 Å². The fraction of sp³-hybridized carbons (Fsp3) is 0.0588. The molecule has 0 N–H and O–H groups in total. The summed E-state index contributed by atoms with van der Waals surface area (Å²) in [6.45, 7) is 2.18. The zero-order chi connectivity index (χ0) is 11.4. The normalized spacial score (nSPS) is 11.8. The van der Waals surface area contributed by atoms with Crippen molar-refractivity contribution in [2.24, 2.45) is 0 Å². The monoisotopic (exact) mass is 215 g/mol. The van der Waals surface area contributed by atoms with Gasteiger partial charge in [0.2, 0.25) is 0 Å². The van der Waals surface area contributed by atoms with Crippen molar-refractivity contribution in [3.8, 4) is 0 Å². The molecule has 4 aromatic rings. The van der Waals surface area contributed by atoms with Gasteiger partial charge in [0.05, 0.1) is 0 Å². The summed E-state index contributed by atoms with van der Waals surface area (Å²) in [5.74, 6) is 0. The molecule has 0 amide bonds. The minimum Gasteiger partial charge on any atom is -0.0610 e. The SMILES string of the molecule is Cc1cc2c[c]cc3ccc4cccc1c4c32. The predicted molar refractivity (Wildman–Crippen MR) is 73.7 cm³/mol. The lowest BCUT2D eigenvalue weighted by molar-refractivity contribution is 1.56. The van der Waals surface area contributed by atoms with E-state index in [2.05, 4.69) is 61.5 Å². The Balaban J connectivity index is 2.50. The Hall–Kier alpha value is -2.08. The van der Waals surface area contributed by atoms with Crippen LogP contribution in [-0.2, 0) is 0 Å². The lowest BCUT2D eigenvalue weighted by Crippen LogP contribution is -1.86. The third-order valence-electron chi connectivity index (χ3n) is 3.64. The summed E-state index contributed by atoms with van der Waals surface area (Å²) in [7, 11) is 0. The molecular weight excluding hydrogens is 204 g/mol. The molecule has 4 aromatic carbocycles. The van der Waals surface area contributed by atoms with Crippen molar-refractivity contribution in [1.82, 2.24) is 0 Å². The van der Waals surface area contributed by atoms with Crippen LogP contribution in [0.2, 0.25) is 0 Å². The molecule has 1 radical (unpaired) electrons. The summed E-state index contributed by atoms with van der Waals surface area (Å²) < 4.78 is 0. The van der Waals surface area contributed by atoms with Crippen molar-refractivity contribution in [2.75, 3.05) is 0 Å². The first-order valence-electron chi connectivity index (χ1n) is 5.89. The van der Waals surface area contributed by atoms with E-state index >= 15 is 0 Å². The Morgan fingerprint density at radius 1 is 0.824 bits per heavy atom. The van der Waals surface area contributed by atoms with E-state index in [-0.39, 0.29) is 0 Å². The Morgan fingerprint density at radius 3 is 2.59 bits per heavy atom. The summed E-state index contributed by atoms with van der Waals surface area (Å²) >= 11 is 0. The van der Waals surface area contributed by atoms with Gasteiger partial charge < -0.3 is 0 Å². The summed E-state index contributed by atoms with van der Waals surface area (Å²) in [5, 5.41) is 8.05. The molecule has 0 aliphatic carbocycles. The Labute approximate surface area is 99.8 Å². The summed E-state index contributed by atoms with van der Waals surface area (Å²) in [4.78, 5) is 0. The van der Waals surface area contributed by atoms with Crippen LogP contribution in [0.3, 0.4) is 0 Å². The van der Waals surface area contributed by atoms with Crippen LogP contribution < -0.4 is 0 Å². The molecule has 0 atom stereocenters. The number of rotatable bonds is 0. The van der Waals surface area contributed by atoms with Gasteiger partial charge in [-0.15, -0.1) is 0 Å². The van der Waals surface area contributed by atoms with Gasteiger partial charge in [-0.2, -0.15) is 0 Å². The Morgan fingerprint density at radius 2 is 1.65 bits per heavy atom. The minimum absolute atomic E-state index is 1.28. The van der Waals surface area contributed by atoms with Gasteiger partial charge in [0.25, 0.3) is 0 Å². The zero-order valence-electron chi connectivity index (χ0n) is 9.62. The van der Waals surface area contributed by atoms with E-state index in [1.54, 1.807) is 0 Å². The Bertz CT molecular complexity index is 840. The standard InChI is InChI=1S/C17H11/c1-11-10-14-6-2-4-12-8-9-13-5-3-7-15(11)17(13)16(12)14/h3-10H,1H3. The van der Waals surface area contributed by atoms with E-state index in [9.17, 15) is 0 Å². The average Bonchev–Trinajstić information content (AvgIpc) is 2.37. The van der Waals surface area contributed by atoms with Crippen molar-refractivity contribution in [3.63, 3.8) is 0 Å². The minimum atomic E-state index is 1.28. The highest BCUT2D eigenvalue weighted by atomic mass is 14.1. The molecule has 0 saturated carbocycles. The van der Waals surface area contributed by atoms with Crippen molar-refractivity contribution < 1.29 is 0 Å². The second kappa shape index (κ2) is 2.98. The van der Waals surface area contributed by atoms with E-state index < -0.39 is 0 Å². The molecule has 0 aliphatic rings. The van der Waals surface area contributed by atoms with Crippen LogP contribution in [0.15, 0.2) is 48.5 Å². The number of aryl methyl sites for hydroxylation is 1. The van der Waals surface area contributed by atoms with E-state index in [0.717, 1.165) is 0 Å². The molecule has 0 aliphatic heterocycles. The third kappa shape index (κ3) is 1.07. The smallest absolute Gasteiger partial charge is 0.00241 e. The predicted octanol–water partition coefficient (Wildman–Crippen LogP) is 4.69. The molecule has 0 unspecified atom stereocenters. The molecule has 0 spiro atoms. The van der Waals surface area contributed by atoms with Crippen molar-refractivity contribution >= 4 is 32.3 Å². The lowest BCUT2D eigenvalue weighted by atomic mass is 9.92. The van der Waals surface area contributed by atoms with E-state index in [1.807, 2.05) is 0 Å². The van der Waals surface area contributed by atoms with E-state index in [4.69, 9.17) is 0 Å². The van der Waals surface area contributed by atoms with Gasteiger partial charge in [-0.25, -0.2) is 0 Å². The van der Waals surface area contributed by atoms with Crippen molar-refractivity contribution in [1.29, 1.82) is 0 Å². The summed E-state index contributed by atoms with van der Waals surface area (Å²) in [5.41, 5.74) is 1.34.